The van der Waals surface area contributed by atoms with Gasteiger partial charge in [0.15, 0.2) is 0 Å². The second kappa shape index (κ2) is 6.02. The minimum Gasteiger partial charge on any atom is -0.361 e. The minimum absolute atomic E-state index is 0.370. The molecule has 19 heavy (non-hydrogen) atoms. The molecule has 3 heteroatoms. The Balaban J connectivity index is 2.06. The molecule has 0 saturated carbocycles. The van der Waals surface area contributed by atoms with Gasteiger partial charge in [0, 0.05) is 18.2 Å². The number of hydrogen-bond donors (Lipinski definition) is 1. The molecule has 0 aliphatic heterocycles. The first kappa shape index (κ1) is 13.8. The zero-order chi connectivity index (χ0) is 13.8. The van der Waals surface area contributed by atoms with E-state index in [0.717, 1.165) is 24.4 Å². The summed E-state index contributed by atoms with van der Waals surface area (Å²) < 4.78 is 5.19. The zero-order valence-corrected chi connectivity index (χ0v) is 12.2. The van der Waals surface area contributed by atoms with E-state index < -0.39 is 0 Å². The number of nitrogens with zero attached hydrogens (tertiary/aromatic N) is 1. The van der Waals surface area contributed by atoms with E-state index in [0.29, 0.717) is 6.04 Å². The highest BCUT2D eigenvalue weighted by atomic mass is 16.5. The van der Waals surface area contributed by atoms with Gasteiger partial charge in [0.05, 0.1) is 5.69 Å². The molecule has 0 bridgehead atoms. The molecule has 1 aromatic carbocycles. The summed E-state index contributed by atoms with van der Waals surface area (Å²) in [6.07, 6.45) is 1.06. The fraction of sp³-hybridized carbons (Fsp3) is 0.438. The third-order valence-corrected chi connectivity index (χ3v) is 3.59. The molecule has 0 spiro atoms. The number of aryl methyl sites for hydroxylation is 3. The predicted octanol–water partition coefficient (Wildman–Crippen LogP) is 3.84. The molecule has 0 fully saturated rings. The quantitative estimate of drug-likeness (QED) is 0.885. The Hall–Kier alpha value is -1.61. The molecule has 1 heterocycles. The van der Waals surface area contributed by atoms with Crippen molar-refractivity contribution >= 4 is 0 Å². The first-order valence-electron chi connectivity index (χ1n) is 6.83. The Kier molecular flexibility index (Phi) is 4.38. The van der Waals surface area contributed by atoms with Gasteiger partial charge in [-0.25, -0.2) is 0 Å². The van der Waals surface area contributed by atoms with Crippen molar-refractivity contribution in [2.24, 2.45) is 0 Å². The van der Waals surface area contributed by atoms with Crippen LogP contribution in [0.4, 0.5) is 0 Å². The summed E-state index contributed by atoms with van der Waals surface area (Å²) in [7, 11) is 0. The summed E-state index contributed by atoms with van der Waals surface area (Å²) >= 11 is 0. The topological polar surface area (TPSA) is 38.1 Å². The monoisotopic (exact) mass is 258 g/mol. The molecule has 1 N–H and O–H groups in total. The molecular weight excluding hydrogens is 236 g/mol. The fourth-order valence-corrected chi connectivity index (χ4v) is 2.28. The highest BCUT2D eigenvalue weighted by molar-refractivity contribution is 5.25. The van der Waals surface area contributed by atoms with Gasteiger partial charge in [-0.05, 0) is 32.8 Å². The molecule has 0 amide bonds. The molecule has 0 aliphatic rings. The summed E-state index contributed by atoms with van der Waals surface area (Å²) in [4.78, 5) is 0. The smallest absolute Gasteiger partial charge is 0.138 e. The van der Waals surface area contributed by atoms with E-state index in [1.807, 2.05) is 13.8 Å². The molecule has 1 unspecified atom stereocenters. The van der Waals surface area contributed by atoms with Gasteiger partial charge in [-0.3, -0.25) is 0 Å². The van der Waals surface area contributed by atoms with Gasteiger partial charge in [-0.15, -0.1) is 0 Å². The van der Waals surface area contributed by atoms with Crippen LogP contribution in [-0.4, -0.2) is 5.16 Å². The lowest BCUT2D eigenvalue weighted by Crippen LogP contribution is -2.20. The molecule has 3 nitrogen and oxygen atoms in total. The van der Waals surface area contributed by atoms with E-state index in [2.05, 4.69) is 48.6 Å². The first-order valence-corrected chi connectivity index (χ1v) is 6.83. The van der Waals surface area contributed by atoms with Crippen molar-refractivity contribution < 1.29 is 4.52 Å². The second-order valence-corrected chi connectivity index (χ2v) is 5.06. The van der Waals surface area contributed by atoms with Crippen LogP contribution >= 0.6 is 0 Å². The van der Waals surface area contributed by atoms with E-state index in [1.54, 1.807) is 0 Å². The van der Waals surface area contributed by atoms with Crippen molar-refractivity contribution in [1.29, 1.82) is 0 Å². The van der Waals surface area contributed by atoms with Crippen LogP contribution in [0.15, 0.2) is 28.8 Å². The van der Waals surface area contributed by atoms with Gasteiger partial charge >= 0.3 is 0 Å². The lowest BCUT2D eigenvalue weighted by molar-refractivity contribution is 0.391. The SMILES string of the molecule is CCC(NCc1c(C)noc1C)c1ccc(C)cc1. The highest BCUT2D eigenvalue weighted by Gasteiger charge is 2.12. The van der Waals surface area contributed by atoms with Crippen molar-refractivity contribution in [2.45, 2.75) is 46.7 Å². The standard InChI is InChI=1S/C16H22N2O/c1-5-16(14-8-6-11(2)7-9-14)17-10-15-12(3)18-19-13(15)4/h6-9,16-17H,5,10H2,1-4H3. The van der Waals surface area contributed by atoms with Crippen molar-refractivity contribution in [2.75, 3.05) is 0 Å². The van der Waals surface area contributed by atoms with Crippen LogP contribution in [0, 0.1) is 20.8 Å². The van der Waals surface area contributed by atoms with Gasteiger partial charge in [0.25, 0.3) is 0 Å². The van der Waals surface area contributed by atoms with Gasteiger partial charge < -0.3 is 9.84 Å². The van der Waals surface area contributed by atoms with E-state index in [9.17, 15) is 0 Å². The fourth-order valence-electron chi connectivity index (χ4n) is 2.28. The molecule has 0 aliphatic carbocycles. The maximum absolute atomic E-state index is 5.19. The summed E-state index contributed by atoms with van der Waals surface area (Å²) in [6, 6.07) is 9.09. The number of rotatable bonds is 5. The van der Waals surface area contributed by atoms with Crippen molar-refractivity contribution in [3.8, 4) is 0 Å². The normalized spacial score (nSPS) is 12.6. The van der Waals surface area contributed by atoms with E-state index in [4.69, 9.17) is 4.52 Å². The summed E-state index contributed by atoms with van der Waals surface area (Å²) in [5.74, 6) is 0.906. The van der Waals surface area contributed by atoms with Crippen LogP contribution in [-0.2, 0) is 6.54 Å². The van der Waals surface area contributed by atoms with Crippen molar-refractivity contribution in [1.82, 2.24) is 10.5 Å². The highest BCUT2D eigenvalue weighted by Crippen LogP contribution is 2.19. The summed E-state index contributed by atoms with van der Waals surface area (Å²) in [5.41, 5.74) is 4.78. The van der Waals surface area contributed by atoms with E-state index in [1.165, 1.54) is 16.7 Å². The minimum atomic E-state index is 0.370. The Morgan fingerprint density at radius 3 is 2.37 bits per heavy atom. The summed E-state index contributed by atoms with van der Waals surface area (Å²) in [5, 5.41) is 7.58. The average molecular weight is 258 g/mol. The lowest BCUT2D eigenvalue weighted by Gasteiger charge is -2.17. The second-order valence-electron chi connectivity index (χ2n) is 5.06. The van der Waals surface area contributed by atoms with Gasteiger partial charge in [-0.2, -0.15) is 0 Å². The third kappa shape index (κ3) is 3.24. The van der Waals surface area contributed by atoms with E-state index >= 15 is 0 Å². The maximum atomic E-state index is 5.19. The van der Waals surface area contributed by atoms with E-state index in [-0.39, 0.29) is 0 Å². The van der Waals surface area contributed by atoms with Crippen LogP contribution < -0.4 is 5.32 Å². The molecule has 2 aromatic rings. The molecule has 1 aromatic heterocycles. The van der Waals surface area contributed by atoms with Crippen molar-refractivity contribution in [3.05, 3.63) is 52.4 Å². The van der Waals surface area contributed by atoms with Gasteiger partial charge in [0.2, 0.25) is 0 Å². The van der Waals surface area contributed by atoms with Crippen LogP contribution in [0.25, 0.3) is 0 Å². The number of nitrogens with one attached hydrogen (secondary N) is 1. The van der Waals surface area contributed by atoms with Crippen LogP contribution in [0.1, 0.15) is 47.5 Å². The predicted molar refractivity (Wildman–Crippen MR) is 77.0 cm³/mol. The maximum Gasteiger partial charge on any atom is 0.138 e. The Labute approximate surface area is 115 Å². The van der Waals surface area contributed by atoms with Crippen LogP contribution in [0.5, 0.6) is 0 Å². The molecule has 1 atom stereocenters. The van der Waals surface area contributed by atoms with Gasteiger partial charge in [-0.1, -0.05) is 41.9 Å². The molecule has 2 rings (SSSR count). The molecular formula is C16H22N2O. The molecule has 0 saturated heterocycles. The van der Waals surface area contributed by atoms with Crippen LogP contribution in [0.2, 0.25) is 0 Å². The number of hydrogen-bond acceptors (Lipinski definition) is 3. The Bertz CT molecular complexity index is 509. The average Bonchev–Trinajstić information content (AvgIpc) is 2.72. The van der Waals surface area contributed by atoms with Crippen LogP contribution in [0.3, 0.4) is 0 Å². The Morgan fingerprint density at radius 2 is 1.84 bits per heavy atom. The Morgan fingerprint density at radius 1 is 1.16 bits per heavy atom. The lowest BCUT2D eigenvalue weighted by atomic mass is 10.0. The van der Waals surface area contributed by atoms with Gasteiger partial charge in [0.1, 0.15) is 5.76 Å². The zero-order valence-electron chi connectivity index (χ0n) is 12.2. The summed E-state index contributed by atoms with van der Waals surface area (Å²) in [6.45, 7) is 9.06. The molecule has 0 radical (unpaired) electrons. The molecule has 102 valence electrons. The number of aromatic nitrogens is 1. The largest absolute Gasteiger partial charge is 0.361 e. The first-order chi connectivity index (χ1) is 9.11. The third-order valence-electron chi connectivity index (χ3n) is 3.59. The number of benzene rings is 1. The van der Waals surface area contributed by atoms with Crippen molar-refractivity contribution in [3.63, 3.8) is 0 Å².